The van der Waals surface area contributed by atoms with Crippen molar-refractivity contribution < 1.29 is 0 Å². The molecule has 1 heterocycles. The third-order valence-electron chi connectivity index (χ3n) is 3.35. The molecule has 0 unspecified atom stereocenters. The number of nitrogen functional groups attached to an aromatic ring is 1. The summed E-state index contributed by atoms with van der Waals surface area (Å²) in [6.07, 6.45) is 3.44. The van der Waals surface area contributed by atoms with Gasteiger partial charge in [-0.3, -0.25) is 4.68 Å². The molecule has 0 aliphatic rings. The molecule has 0 bridgehead atoms. The predicted molar refractivity (Wildman–Crippen MR) is 83.8 cm³/mol. The van der Waals surface area contributed by atoms with Crippen molar-refractivity contribution in [1.82, 2.24) is 9.78 Å². The van der Waals surface area contributed by atoms with Crippen molar-refractivity contribution in [3.05, 3.63) is 54.4 Å². The van der Waals surface area contributed by atoms with E-state index in [2.05, 4.69) is 16.5 Å². The molecule has 5 nitrogen and oxygen atoms in total. The fourth-order valence-corrected chi connectivity index (χ4v) is 2.36. The van der Waals surface area contributed by atoms with Crippen molar-refractivity contribution in [3.63, 3.8) is 0 Å². The summed E-state index contributed by atoms with van der Waals surface area (Å²) in [6.45, 7) is 1.46. The van der Waals surface area contributed by atoms with Crippen LogP contribution in [-0.4, -0.2) is 16.3 Å². The van der Waals surface area contributed by atoms with Gasteiger partial charge in [-0.2, -0.15) is 10.4 Å². The van der Waals surface area contributed by atoms with E-state index >= 15 is 0 Å². The summed E-state index contributed by atoms with van der Waals surface area (Å²) in [6, 6.07) is 13.9. The van der Waals surface area contributed by atoms with E-state index in [9.17, 15) is 0 Å². The lowest BCUT2D eigenvalue weighted by molar-refractivity contribution is 0.638. The van der Waals surface area contributed by atoms with E-state index in [0.717, 1.165) is 29.5 Å². The summed E-state index contributed by atoms with van der Waals surface area (Å²) in [5.41, 5.74) is 8.01. The Hall–Kier alpha value is -3.00. The molecule has 3 N–H and O–H groups in total. The maximum Gasteiger partial charge on any atom is 0.0998 e. The minimum absolute atomic E-state index is 0.666. The van der Waals surface area contributed by atoms with Crippen molar-refractivity contribution in [3.8, 4) is 6.07 Å². The average Bonchev–Trinajstić information content (AvgIpc) is 2.93. The summed E-state index contributed by atoms with van der Waals surface area (Å²) in [7, 11) is 0. The van der Waals surface area contributed by atoms with Crippen LogP contribution < -0.4 is 11.1 Å². The first-order valence-corrected chi connectivity index (χ1v) is 6.71. The van der Waals surface area contributed by atoms with Gasteiger partial charge in [0.2, 0.25) is 0 Å². The zero-order chi connectivity index (χ0) is 14.7. The number of aromatic nitrogens is 2. The largest absolute Gasteiger partial charge is 0.396 e. The van der Waals surface area contributed by atoms with E-state index in [1.807, 2.05) is 36.4 Å². The first kappa shape index (κ1) is 13.0. The van der Waals surface area contributed by atoms with Crippen LogP contribution in [0, 0.1) is 11.3 Å². The van der Waals surface area contributed by atoms with E-state index in [0.29, 0.717) is 11.3 Å². The lowest BCUT2D eigenvalue weighted by atomic mass is 10.0. The van der Waals surface area contributed by atoms with Gasteiger partial charge in [0, 0.05) is 29.2 Å². The van der Waals surface area contributed by atoms with Gasteiger partial charge in [-0.05, 0) is 12.1 Å². The Labute approximate surface area is 122 Å². The minimum Gasteiger partial charge on any atom is -0.396 e. The number of benzene rings is 2. The lowest BCUT2D eigenvalue weighted by Gasteiger charge is -2.10. The molecule has 104 valence electrons. The molecular weight excluding hydrogens is 262 g/mol. The number of fused-ring (bicyclic) bond motifs is 1. The fraction of sp³-hybridized carbons (Fsp3) is 0.125. The number of rotatable bonds is 4. The second-order valence-electron chi connectivity index (χ2n) is 4.78. The van der Waals surface area contributed by atoms with E-state index in [4.69, 9.17) is 11.0 Å². The molecule has 1 aromatic heterocycles. The second kappa shape index (κ2) is 5.55. The number of anilines is 2. The monoisotopic (exact) mass is 277 g/mol. The molecule has 0 spiro atoms. The van der Waals surface area contributed by atoms with Gasteiger partial charge in [0.05, 0.1) is 30.1 Å². The number of nitrogens with one attached hydrogen (secondary N) is 1. The number of nitrogens with zero attached hydrogens (tertiary/aromatic N) is 3. The van der Waals surface area contributed by atoms with Crippen molar-refractivity contribution >= 4 is 22.1 Å². The Balaban J connectivity index is 1.80. The van der Waals surface area contributed by atoms with Crippen molar-refractivity contribution in [2.45, 2.75) is 6.54 Å². The quantitative estimate of drug-likeness (QED) is 0.768. The zero-order valence-electron chi connectivity index (χ0n) is 11.5. The number of nitrogens with two attached hydrogens (primary N) is 1. The van der Waals surface area contributed by atoms with Crippen LogP contribution in [0.25, 0.3) is 10.8 Å². The third-order valence-corrected chi connectivity index (χ3v) is 3.35. The van der Waals surface area contributed by atoms with E-state index < -0.39 is 0 Å². The molecule has 0 amide bonds. The van der Waals surface area contributed by atoms with Crippen LogP contribution in [0.5, 0.6) is 0 Å². The van der Waals surface area contributed by atoms with Crippen molar-refractivity contribution in [1.29, 1.82) is 5.26 Å². The molecule has 21 heavy (non-hydrogen) atoms. The molecule has 0 radical (unpaired) electrons. The molecule has 3 rings (SSSR count). The van der Waals surface area contributed by atoms with Crippen LogP contribution in [0.3, 0.4) is 0 Å². The topological polar surface area (TPSA) is 79.7 Å². The number of hydrogen-bond donors (Lipinski definition) is 2. The molecule has 2 aromatic carbocycles. The molecule has 3 aromatic rings. The number of nitriles is 1. The summed E-state index contributed by atoms with van der Waals surface area (Å²) < 4.78 is 1.80. The summed E-state index contributed by atoms with van der Waals surface area (Å²) in [5, 5.41) is 18.7. The summed E-state index contributed by atoms with van der Waals surface area (Å²) >= 11 is 0. The smallest absolute Gasteiger partial charge is 0.0998 e. The van der Waals surface area contributed by atoms with Gasteiger partial charge in [-0.1, -0.05) is 24.3 Å². The van der Waals surface area contributed by atoms with Crippen LogP contribution in [0.2, 0.25) is 0 Å². The molecule has 0 saturated heterocycles. The van der Waals surface area contributed by atoms with Crippen LogP contribution in [0.15, 0.2) is 48.8 Å². The van der Waals surface area contributed by atoms with Crippen LogP contribution >= 0.6 is 0 Å². The van der Waals surface area contributed by atoms with E-state index in [1.165, 1.54) is 0 Å². The minimum atomic E-state index is 0.666. The van der Waals surface area contributed by atoms with Gasteiger partial charge in [0.25, 0.3) is 0 Å². The Bertz CT molecular complexity index is 813. The van der Waals surface area contributed by atoms with Gasteiger partial charge < -0.3 is 11.1 Å². The Morgan fingerprint density at radius 1 is 1.19 bits per heavy atom. The first-order chi connectivity index (χ1) is 10.3. The zero-order valence-corrected chi connectivity index (χ0v) is 11.5. The van der Waals surface area contributed by atoms with Gasteiger partial charge in [-0.25, -0.2) is 0 Å². The van der Waals surface area contributed by atoms with Gasteiger partial charge in [0.1, 0.15) is 0 Å². The molecular formula is C16H15N5. The Morgan fingerprint density at radius 3 is 2.71 bits per heavy atom. The maximum atomic E-state index is 9.16. The van der Waals surface area contributed by atoms with Gasteiger partial charge in [0.15, 0.2) is 0 Å². The highest BCUT2D eigenvalue weighted by atomic mass is 15.3. The van der Waals surface area contributed by atoms with Crippen LogP contribution in [0.4, 0.5) is 11.4 Å². The van der Waals surface area contributed by atoms with Crippen molar-refractivity contribution in [2.24, 2.45) is 0 Å². The first-order valence-electron chi connectivity index (χ1n) is 6.71. The third kappa shape index (κ3) is 2.65. The Kier molecular flexibility index (Phi) is 3.44. The van der Waals surface area contributed by atoms with Crippen LogP contribution in [-0.2, 0) is 6.54 Å². The van der Waals surface area contributed by atoms with Crippen LogP contribution in [0.1, 0.15) is 5.56 Å². The lowest BCUT2D eigenvalue weighted by Crippen LogP contribution is -2.11. The van der Waals surface area contributed by atoms with E-state index in [1.54, 1.807) is 17.1 Å². The van der Waals surface area contributed by atoms with E-state index in [-0.39, 0.29) is 0 Å². The highest BCUT2D eigenvalue weighted by Gasteiger charge is 2.04. The molecule has 0 aliphatic carbocycles. The molecule has 0 fully saturated rings. The maximum absolute atomic E-state index is 9.16. The summed E-state index contributed by atoms with van der Waals surface area (Å²) in [5.74, 6) is 0. The molecule has 0 saturated carbocycles. The normalized spacial score (nSPS) is 10.4. The number of hydrogen-bond acceptors (Lipinski definition) is 4. The SMILES string of the molecule is N#Cc1ccc(NCCn2cc(N)cn2)c2ccccc12. The van der Waals surface area contributed by atoms with Gasteiger partial charge >= 0.3 is 0 Å². The highest BCUT2D eigenvalue weighted by Crippen LogP contribution is 2.26. The molecule has 5 heteroatoms. The fourth-order valence-electron chi connectivity index (χ4n) is 2.36. The standard InChI is InChI=1S/C16H15N5/c17-9-12-5-6-16(15-4-2-1-3-14(12)15)19-7-8-21-11-13(18)10-20-21/h1-6,10-11,19H,7-8,18H2. The molecule has 0 atom stereocenters. The van der Waals surface area contributed by atoms with Gasteiger partial charge in [-0.15, -0.1) is 0 Å². The second-order valence-corrected chi connectivity index (χ2v) is 4.78. The average molecular weight is 277 g/mol. The highest BCUT2D eigenvalue weighted by molar-refractivity contribution is 5.97. The Morgan fingerprint density at radius 2 is 2.00 bits per heavy atom. The molecule has 0 aliphatic heterocycles. The van der Waals surface area contributed by atoms with Crippen molar-refractivity contribution in [2.75, 3.05) is 17.6 Å². The predicted octanol–water partition coefficient (Wildman–Crippen LogP) is 2.60. The summed E-state index contributed by atoms with van der Waals surface area (Å²) in [4.78, 5) is 0.